The number of nitrogens with one attached hydrogen (secondary N) is 1. The summed E-state index contributed by atoms with van der Waals surface area (Å²) in [6.45, 7) is 2.70. The molecule has 2 unspecified atom stereocenters. The number of carbonyl (C=O) groups is 2. The van der Waals surface area contributed by atoms with E-state index >= 15 is 0 Å². The van der Waals surface area contributed by atoms with Gasteiger partial charge in [0, 0.05) is 29.0 Å². The molecule has 6 rings (SSSR count). The molecule has 0 fully saturated rings. The van der Waals surface area contributed by atoms with Gasteiger partial charge in [0.15, 0.2) is 6.10 Å². The van der Waals surface area contributed by atoms with Gasteiger partial charge < -0.3 is 24.8 Å². The van der Waals surface area contributed by atoms with E-state index in [0.717, 1.165) is 16.5 Å². The molecule has 1 aromatic carbocycles. The maximum absolute atomic E-state index is 14.8. The predicted octanol–water partition coefficient (Wildman–Crippen LogP) is 0.843. The van der Waals surface area contributed by atoms with Crippen molar-refractivity contribution in [1.29, 1.82) is 0 Å². The van der Waals surface area contributed by atoms with Gasteiger partial charge in [-0.25, -0.2) is 14.2 Å². The summed E-state index contributed by atoms with van der Waals surface area (Å²) in [5.41, 5.74) is 2.80. The second-order valence-corrected chi connectivity index (χ2v) is 9.25. The number of amides is 1. The Kier molecular flexibility index (Phi) is 4.13. The van der Waals surface area contributed by atoms with E-state index in [0.29, 0.717) is 34.5 Å². The molecule has 1 amide bonds. The zero-order valence-electron chi connectivity index (χ0n) is 18.4. The van der Waals surface area contributed by atoms with E-state index in [1.807, 2.05) is 0 Å². The van der Waals surface area contributed by atoms with Gasteiger partial charge in [-0.1, -0.05) is 0 Å². The van der Waals surface area contributed by atoms with Gasteiger partial charge in [0.2, 0.25) is 5.91 Å². The average Bonchev–Trinajstić information content (AvgIpc) is 3.31. The quantitative estimate of drug-likeness (QED) is 0.374. The summed E-state index contributed by atoms with van der Waals surface area (Å²) in [7, 11) is 0. The number of esters is 1. The number of cyclic esters (lactones) is 1. The molecule has 3 N–H and O–H groups in total. The first-order valence-corrected chi connectivity index (χ1v) is 10.8. The van der Waals surface area contributed by atoms with Crippen LogP contribution in [0.4, 0.5) is 4.39 Å². The highest BCUT2D eigenvalue weighted by Gasteiger charge is 2.44. The molecule has 0 bridgehead atoms. The molecular formula is C24H20FN3O6. The third kappa shape index (κ3) is 2.55. The number of fused-ring (bicyclic) bond motifs is 5. The minimum Gasteiger partial charge on any atom is -0.458 e. The first-order chi connectivity index (χ1) is 16.1. The monoisotopic (exact) mass is 465 g/mol. The van der Waals surface area contributed by atoms with Crippen molar-refractivity contribution in [3.8, 4) is 11.4 Å². The van der Waals surface area contributed by atoms with E-state index in [1.54, 1.807) is 19.9 Å². The number of aliphatic hydroxyl groups is 2. The maximum atomic E-state index is 14.8. The van der Waals surface area contributed by atoms with Crippen LogP contribution in [0.15, 0.2) is 16.9 Å². The number of hydrogen-bond acceptors (Lipinski definition) is 7. The molecule has 3 aromatic rings. The maximum Gasteiger partial charge on any atom is 0.340 e. The Labute approximate surface area is 191 Å². The van der Waals surface area contributed by atoms with E-state index < -0.39 is 41.5 Å². The van der Waals surface area contributed by atoms with Crippen LogP contribution in [-0.2, 0) is 39.4 Å². The zero-order chi connectivity index (χ0) is 24.1. The Balaban J connectivity index is 1.67. The molecule has 174 valence electrons. The highest BCUT2D eigenvalue weighted by molar-refractivity contribution is 5.96. The number of pyridine rings is 2. The molecule has 0 saturated carbocycles. The highest BCUT2D eigenvalue weighted by atomic mass is 19.1. The minimum absolute atomic E-state index is 0.152. The standard InChI is InChI=1S/C24H20FN3O6/c1-9-11-5-24(2,27-17(30)7-29)19-12-6-28-16(20(12)26-15(18(11)19)4-14(9)25)3-10-13(22(28)32)8-34-23(33)21(10)31/h3-4,21,29,31H,5-8H2,1-2H3,(H,27,30). The van der Waals surface area contributed by atoms with Gasteiger partial charge in [0.25, 0.3) is 5.56 Å². The van der Waals surface area contributed by atoms with E-state index in [2.05, 4.69) is 5.32 Å². The second-order valence-electron chi connectivity index (χ2n) is 9.25. The van der Waals surface area contributed by atoms with E-state index in [4.69, 9.17) is 9.72 Å². The van der Waals surface area contributed by atoms with Crippen LogP contribution in [-0.4, -0.2) is 38.2 Å². The average molecular weight is 465 g/mol. The highest BCUT2D eigenvalue weighted by Crippen LogP contribution is 2.48. The third-order valence-electron chi connectivity index (χ3n) is 7.21. The molecular weight excluding hydrogens is 445 g/mol. The summed E-state index contributed by atoms with van der Waals surface area (Å²) >= 11 is 0. The number of nitrogens with zero attached hydrogens (tertiary/aromatic N) is 2. The fraction of sp³-hybridized carbons (Fsp3) is 0.333. The van der Waals surface area contributed by atoms with Crippen molar-refractivity contribution in [2.24, 2.45) is 0 Å². The summed E-state index contributed by atoms with van der Waals surface area (Å²) < 4.78 is 21.3. The summed E-state index contributed by atoms with van der Waals surface area (Å²) in [6.07, 6.45) is -1.28. The molecule has 2 aliphatic heterocycles. The third-order valence-corrected chi connectivity index (χ3v) is 7.21. The number of aromatic nitrogens is 2. The van der Waals surface area contributed by atoms with Gasteiger partial charge in [-0.05, 0) is 36.6 Å². The van der Waals surface area contributed by atoms with Gasteiger partial charge in [0.1, 0.15) is 19.0 Å². The fourth-order valence-electron chi connectivity index (χ4n) is 5.66. The van der Waals surface area contributed by atoms with Crippen LogP contribution in [0, 0.1) is 12.7 Å². The van der Waals surface area contributed by atoms with Crippen LogP contribution in [0.1, 0.15) is 46.4 Å². The van der Waals surface area contributed by atoms with Crippen molar-refractivity contribution < 1.29 is 28.9 Å². The molecule has 2 atom stereocenters. The van der Waals surface area contributed by atoms with Crippen LogP contribution in [0.25, 0.3) is 22.3 Å². The lowest BCUT2D eigenvalue weighted by Gasteiger charge is -2.29. The number of aliphatic hydroxyl groups excluding tert-OH is 2. The molecule has 1 aliphatic carbocycles. The normalized spacial score (nSPS) is 21.8. The molecule has 34 heavy (non-hydrogen) atoms. The van der Waals surface area contributed by atoms with E-state index in [1.165, 1.54) is 10.6 Å². The number of benzene rings is 1. The van der Waals surface area contributed by atoms with Gasteiger partial charge in [-0.15, -0.1) is 0 Å². The second kappa shape index (κ2) is 6.71. The lowest BCUT2D eigenvalue weighted by atomic mass is 9.88. The minimum atomic E-state index is -1.58. The summed E-state index contributed by atoms with van der Waals surface area (Å²) in [5, 5.41) is 23.3. The first kappa shape index (κ1) is 20.9. The molecule has 9 nitrogen and oxygen atoms in total. The molecule has 4 heterocycles. The molecule has 0 spiro atoms. The van der Waals surface area contributed by atoms with Crippen molar-refractivity contribution in [3.63, 3.8) is 0 Å². The zero-order valence-corrected chi connectivity index (χ0v) is 18.4. The predicted molar refractivity (Wildman–Crippen MR) is 116 cm³/mol. The van der Waals surface area contributed by atoms with Gasteiger partial charge in [0.05, 0.1) is 34.6 Å². The fourth-order valence-corrected chi connectivity index (χ4v) is 5.66. The van der Waals surface area contributed by atoms with Crippen LogP contribution in [0.3, 0.4) is 0 Å². The summed E-state index contributed by atoms with van der Waals surface area (Å²) in [6, 6.07) is 2.90. The van der Waals surface area contributed by atoms with Crippen molar-refractivity contribution in [1.82, 2.24) is 14.9 Å². The van der Waals surface area contributed by atoms with Crippen molar-refractivity contribution in [2.45, 2.75) is 45.1 Å². The van der Waals surface area contributed by atoms with E-state index in [-0.39, 0.29) is 24.3 Å². The molecule has 10 heteroatoms. The summed E-state index contributed by atoms with van der Waals surface area (Å²) in [5.74, 6) is -1.84. The lowest BCUT2D eigenvalue weighted by molar-refractivity contribution is -0.157. The van der Waals surface area contributed by atoms with Crippen molar-refractivity contribution >= 4 is 22.8 Å². The molecule has 2 aromatic heterocycles. The Bertz CT molecular complexity index is 1540. The Morgan fingerprint density at radius 1 is 1.32 bits per heavy atom. The number of hydrogen-bond donors (Lipinski definition) is 3. The van der Waals surface area contributed by atoms with Crippen molar-refractivity contribution in [3.05, 3.63) is 61.7 Å². The Hall–Kier alpha value is -3.63. The summed E-state index contributed by atoms with van der Waals surface area (Å²) in [4.78, 5) is 42.1. The van der Waals surface area contributed by atoms with E-state index in [9.17, 15) is 29.0 Å². The Morgan fingerprint density at radius 2 is 2.09 bits per heavy atom. The van der Waals surface area contributed by atoms with Gasteiger partial charge in [-0.3, -0.25) is 9.59 Å². The van der Waals surface area contributed by atoms with Gasteiger partial charge >= 0.3 is 5.97 Å². The first-order valence-electron chi connectivity index (χ1n) is 10.8. The van der Waals surface area contributed by atoms with Crippen LogP contribution in [0.2, 0.25) is 0 Å². The van der Waals surface area contributed by atoms with Crippen LogP contribution >= 0.6 is 0 Å². The lowest BCUT2D eigenvalue weighted by Crippen LogP contribution is -2.45. The van der Waals surface area contributed by atoms with Gasteiger partial charge in [-0.2, -0.15) is 0 Å². The number of halogens is 1. The van der Waals surface area contributed by atoms with Crippen LogP contribution < -0.4 is 10.9 Å². The molecule has 0 saturated heterocycles. The number of rotatable bonds is 2. The SMILES string of the molecule is Cc1c(F)cc2nc3c(c4c2c1CC4(C)NC(=O)CO)Cn1c-3cc2c(c1=O)COC(=O)C2O. The Morgan fingerprint density at radius 3 is 2.82 bits per heavy atom. The van der Waals surface area contributed by atoms with Crippen LogP contribution in [0.5, 0.6) is 0 Å². The molecule has 3 aliphatic rings. The van der Waals surface area contributed by atoms with Crippen molar-refractivity contribution in [2.75, 3.05) is 6.61 Å². The number of ether oxygens (including phenoxy) is 1. The smallest absolute Gasteiger partial charge is 0.340 e. The molecule has 0 radical (unpaired) electrons. The number of carbonyl (C=O) groups excluding carboxylic acids is 2. The topological polar surface area (TPSA) is 131 Å². The largest absolute Gasteiger partial charge is 0.458 e.